The summed E-state index contributed by atoms with van der Waals surface area (Å²) in [6.07, 6.45) is 15.7. The van der Waals surface area contributed by atoms with E-state index >= 15 is 0 Å². The number of nitrogens with one attached hydrogen (secondary N) is 1. The van der Waals surface area contributed by atoms with Crippen molar-refractivity contribution in [2.24, 2.45) is 11.8 Å². The summed E-state index contributed by atoms with van der Waals surface area (Å²) < 4.78 is 2.43. The first-order valence-electron chi connectivity index (χ1n) is 12.7. The van der Waals surface area contributed by atoms with Gasteiger partial charge in [-0.25, -0.2) is 0 Å². The maximum atomic E-state index is 3.61. The summed E-state index contributed by atoms with van der Waals surface area (Å²) in [4.78, 5) is 0. The molecule has 35 heavy (non-hydrogen) atoms. The zero-order chi connectivity index (χ0) is 23.9. The number of benzene rings is 3. The molecule has 2 aliphatic carbocycles. The lowest BCUT2D eigenvalue weighted by atomic mass is 9.98. The molecule has 2 aliphatic rings. The molecule has 1 heterocycles. The van der Waals surface area contributed by atoms with Crippen LogP contribution in [0.3, 0.4) is 0 Å². The number of rotatable bonds is 4. The number of anilines is 1. The largest absolute Gasteiger partial charge is 0.359 e. The first kappa shape index (κ1) is 21.7. The molecule has 1 N–H and O–H groups in total. The highest BCUT2D eigenvalue weighted by Gasteiger charge is 2.16. The van der Waals surface area contributed by atoms with Crippen molar-refractivity contribution in [2.45, 2.75) is 33.6 Å². The quantitative estimate of drug-likeness (QED) is 0.324. The second-order valence-electron chi connectivity index (χ2n) is 10.2. The van der Waals surface area contributed by atoms with Crippen LogP contribution in [0, 0.1) is 18.8 Å². The molecule has 6 rings (SSSR count). The molecular weight excluding hydrogens is 424 g/mol. The van der Waals surface area contributed by atoms with E-state index in [0.717, 1.165) is 18.5 Å². The normalized spacial score (nSPS) is 19.7. The average Bonchev–Trinajstić information content (AvgIpc) is 3.19. The number of fused-ring (bicyclic) bond motifs is 3. The minimum absolute atomic E-state index is 0.528. The van der Waals surface area contributed by atoms with Gasteiger partial charge in [0.1, 0.15) is 0 Å². The molecule has 0 saturated heterocycles. The molecule has 0 saturated carbocycles. The van der Waals surface area contributed by atoms with Crippen LogP contribution in [0.4, 0.5) is 5.69 Å². The third-order valence-electron chi connectivity index (χ3n) is 7.41. The predicted octanol–water partition coefficient (Wildman–Crippen LogP) is 9.10. The van der Waals surface area contributed by atoms with Crippen molar-refractivity contribution >= 4 is 33.2 Å². The maximum absolute atomic E-state index is 3.61. The Kier molecular flexibility index (Phi) is 5.45. The van der Waals surface area contributed by atoms with Gasteiger partial charge in [-0.05, 0) is 91.3 Å². The average molecular weight is 457 g/mol. The van der Waals surface area contributed by atoms with Gasteiger partial charge in [-0.3, -0.25) is 0 Å². The molecule has 0 radical (unpaired) electrons. The number of nitrogens with zero attached hydrogens (tertiary/aromatic N) is 1. The van der Waals surface area contributed by atoms with Gasteiger partial charge in [-0.15, -0.1) is 0 Å². The third kappa shape index (κ3) is 4.04. The molecule has 1 aromatic heterocycles. The fourth-order valence-electron chi connectivity index (χ4n) is 5.30. The second-order valence-corrected chi connectivity index (χ2v) is 10.2. The van der Waals surface area contributed by atoms with Crippen LogP contribution in [0.2, 0.25) is 0 Å². The highest BCUT2D eigenvalue weighted by molar-refractivity contribution is 6.11. The summed E-state index contributed by atoms with van der Waals surface area (Å²) >= 11 is 0. The van der Waals surface area contributed by atoms with Gasteiger partial charge in [0, 0.05) is 27.9 Å². The molecule has 0 spiro atoms. The van der Waals surface area contributed by atoms with Crippen LogP contribution in [0.25, 0.3) is 38.6 Å². The van der Waals surface area contributed by atoms with Crippen LogP contribution >= 0.6 is 0 Å². The maximum Gasteiger partial charge on any atom is 0.0541 e. The fraction of sp³-hybridized carbons (Fsp3) is 0.212. The van der Waals surface area contributed by atoms with Gasteiger partial charge in [-0.1, -0.05) is 68.0 Å². The summed E-state index contributed by atoms with van der Waals surface area (Å²) in [5, 5.41) is 6.23. The standard InChI is InChI=1S/C33H32N2/c1-22-8-16-28(17-9-22)35-32-18-10-23(2)20-29(32)30-21-26(13-19-33(30)35)25-11-14-27(15-12-25)34-31-7-5-4-6-24(31)3/h4-5,7-8,10-22,24,34H,6,9H2,1-3H3. The summed E-state index contributed by atoms with van der Waals surface area (Å²) in [5.74, 6) is 1.13. The van der Waals surface area contributed by atoms with Crippen molar-refractivity contribution in [3.05, 3.63) is 108 Å². The van der Waals surface area contributed by atoms with E-state index in [2.05, 4.69) is 128 Å². The van der Waals surface area contributed by atoms with Gasteiger partial charge in [0.25, 0.3) is 0 Å². The van der Waals surface area contributed by atoms with Crippen molar-refractivity contribution in [3.63, 3.8) is 0 Å². The smallest absolute Gasteiger partial charge is 0.0541 e. The van der Waals surface area contributed by atoms with Crippen molar-refractivity contribution in [2.75, 3.05) is 5.32 Å². The van der Waals surface area contributed by atoms with E-state index in [1.807, 2.05) is 0 Å². The number of hydrogen-bond donors (Lipinski definition) is 1. The molecule has 2 atom stereocenters. The van der Waals surface area contributed by atoms with E-state index in [4.69, 9.17) is 0 Å². The molecule has 2 unspecified atom stereocenters. The number of aryl methyl sites for hydroxylation is 1. The van der Waals surface area contributed by atoms with Crippen LogP contribution in [-0.2, 0) is 0 Å². The molecule has 0 amide bonds. The van der Waals surface area contributed by atoms with Crippen molar-refractivity contribution in [1.82, 2.24) is 4.57 Å². The van der Waals surface area contributed by atoms with Crippen LogP contribution in [0.1, 0.15) is 32.3 Å². The van der Waals surface area contributed by atoms with Crippen molar-refractivity contribution in [1.29, 1.82) is 0 Å². The third-order valence-corrected chi connectivity index (χ3v) is 7.41. The monoisotopic (exact) mass is 456 g/mol. The van der Waals surface area contributed by atoms with Gasteiger partial charge in [0.15, 0.2) is 0 Å². The highest BCUT2D eigenvalue weighted by atomic mass is 15.0. The summed E-state index contributed by atoms with van der Waals surface area (Å²) in [7, 11) is 0. The van der Waals surface area contributed by atoms with E-state index in [9.17, 15) is 0 Å². The molecule has 0 bridgehead atoms. The Morgan fingerprint density at radius 2 is 1.57 bits per heavy atom. The van der Waals surface area contributed by atoms with Gasteiger partial charge in [0.05, 0.1) is 11.0 Å². The van der Waals surface area contributed by atoms with Crippen LogP contribution in [0.5, 0.6) is 0 Å². The highest BCUT2D eigenvalue weighted by Crippen LogP contribution is 2.37. The minimum Gasteiger partial charge on any atom is -0.359 e. The van der Waals surface area contributed by atoms with E-state index in [1.165, 1.54) is 49.9 Å². The van der Waals surface area contributed by atoms with Crippen molar-refractivity contribution in [3.8, 4) is 11.1 Å². The lowest BCUT2D eigenvalue weighted by Crippen LogP contribution is -2.10. The number of hydrogen-bond acceptors (Lipinski definition) is 1. The first-order valence-corrected chi connectivity index (χ1v) is 12.7. The SMILES string of the molecule is Cc1ccc2c(c1)c1cc(-c3ccc(NC4=CC=CCC4C)cc3)ccc1n2C1=CCC(C)C=C1. The minimum atomic E-state index is 0.528. The molecule has 2 nitrogen and oxygen atoms in total. The number of aromatic nitrogens is 1. The van der Waals surface area contributed by atoms with Gasteiger partial charge in [0.2, 0.25) is 0 Å². The van der Waals surface area contributed by atoms with Crippen LogP contribution < -0.4 is 5.32 Å². The van der Waals surface area contributed by atoms with E-state index in [-0.39, 0.29) is 0 Å². The molecule has 0 fully saturated rings. The molecule has 174 valence electrons. The Balaban J connectivity index is 1.40. The Morgan fingerprint density at radius 3 is 2.31 bits per heavy atom. The summed E-state index contributed by atoms with van der Waals surface area (Å²) in [6.45, 7) is 6.72. The topological polar surface area (TPSA) is 17.0 Å². The summed E-state index contributed by atoms with van der Waals surface area (Å²) in [5.41, 5.74) is 10.0. The summed E-state index contributed by atoms with van der Waals surface area (Å²) in [6, 6.07) is 22.6. The molecular formula is C33H32N2. The fourth-order valence-corrected chi connectivity index (χ4v) is 5.30. The molecule has 0 aliphatic heterocycles. The Bertz CT molecular complexity index is 1540. The zero-order valence-corrected chi connectivity index (χ0v) is 20.8. The Labute approximate surface area is 208 Å². The van der Waals surface area contributed by atoms with Crippen LogP contribution in [0.15, 0.2) is 103 Å². The van der Waals surface area contributed by atoms with Gasteiger partial charge < -0.3 is 9.88 Å². The van der Waals surface area contributed by atoms with E-state index in [0.29, 0.717) is 11.8 Å². The second kappa shape index (κ2) is 8.78. The zero-order valence-electron chi connectivity index (χ0n) is 20.8. The number of allylic oxidation sites excluding steroid dienone is 8. The predicted molar refractivity (Wildman–Crippen MR) is 151 cm³/mol. The molecule has 3 aromatic carbocycles. The molecule has 4 aromatic rings. The Hall–Kier alpha value is -3.78. The van der Waals surface area contributed by atoms with Crippen molar-refractivity contribution < 1.29 is 0 Å². The van der Waals surface area contributed by atoms with Gasteiger partial charge in [-0.2, -0.15) is 0 Å². The van der Waals surface area contributed by atoms with E-state index < -0.39 is 0 Å². The first-order chi connectivity index (χ1) is 17.1. The lowest BCUT2D eigenvalue weighted by Gasteiger charge is -2.19. The van der Waals surface area contributed by atoms with Gasteiger partial charge >= 0.3 is 0 Å². The Morgan fingerprint density at radius 1 is 0.829 bits per heavy atom. The lowest BCUT2D eigenvalue weighted by molar-refractivity contribution is 0.691. The van der Waals surface area contributed by atoms with Crippen LogP contribution in [-0.4, -0.2) is 4.57 Å². The van der Waals surface area contributed by atoms with E-state index in [1.54, 1.807) is 0 Å². The molecule has 2 heteroatoms.